The summed E-state index contributed by atoms with van der Waals surface area (Å²) in [5.74, 6) is -1.41. The van der Waals surface area contributed by atoms with Crippen LogP contribution in [0.3, 0.4) is 0 Å². The highest BCUT2D eigenvalue weighted by Crippen LogP contribution is 2.21. The molecule has 0 amide bonds. The summed E-state index contributed by atoms with van der Waals surface area (Å²) in [5, 5.41) is 0. The molecule has 1 fully saturated rings. The van der Waals surface area contributed by atoms with E-state index in [9.17, 15) is 14.4 Å². The Morgan fingerprint density at radius 3 is 2.59 bits per heavy atom. The molecule has 3 nitrogen and oxygen atoms in total. The molecule has 3 heteroatoms. The molecule has 1 saturated carbocycles. The van der Waals surface area contributed by atoms with Gasteiger partial charge in [-0.3, -0.25) is 14.4 Å². The lowest BCUT2D eigenvalue weighted by atomic mass is 9.83. The molecule has 1 aliphatic rings. The first-order valence-corrected chi connectivity index (χ1v) is 6.76. The number of hydrogen-bond donors (Lipinski definition) is 0. The molecule has 1 atom stereocenters. The van der Waals surface area contributed by atoms with E-state index in [4.69, 9.17) is 0 Å². The lowest BCUT2D eigenvalue weighted by molar-refractivity contribution is -0.144. The second-order valence-electron chi connectivity index (χ2n) is 4.86. The number of hydrogen-bond acceptors (Lipinski definition) is 3. The summed E-state index contributed by atoms with van der Waals surface area (Å²) in [6, 6.07) is 0. The van der Waals surface area contributed by atoms with Crippen LogP contribution in [0.25, 0.3) is 0 Å². The molecule has 0 spiro atoms. The lowest BCUT2D eigenvalue weighted by Gasteiger charge is -2.18. The standard InChI is InChI=1S/C14H22O3/c1-2-3-4-5-6-9-12(15)11-8-7-10-13(16)14(11)17/h11H,2-10H2,1H3. The van der Waals surface area contributed by atoms with Gasteiger partial charge in [-0.2, -0.15) is 0 Å². The number of rotatable bonds is 7. The number of carbonyl (C=O) groups excluding carboxylic acids is 3. The Labute approximate surface area is 103 Å². The molecular weight excluding hydrogens is 216 g/mol. The third-order valence-corrected chi connectivity index (χ3v) is 3.40. The first-order valence-electron chi connectivity index (χ1n) is 6.76. The van der Waals surface area contributed by atoms with Crippen molar-refractivity contribution < 1.29 is 14.4 Å². The van der Waals surface area contributed by atoms with Crippen LogP contribution >= 0.6 is 0 Å². The molecule has 0 aliphatic heterocycles. The molecule has 0 aromatic heterocycles. The van der Waals surface area contributed by atoms with Crippen LogP contribution in [0.5, 0.6) is 0 Å². The van der Waals surface area contributed by atoms with Crippen molar-refractivity contribution in [2.45, 2.75) is 64.7 Å². The van der Waals surface area contributed by atoms with E-state index in [0.717, 1.165) is 19.3 Å². The van der Waals surface area contributed by atoms with Crippen molar-refractivity contribution in [3.63, 3.8) is 0 Å². The maximum absolute atomic E-state index is 11.8. The van der Waals surface area contributed by atoms with Gasteiger partial charge in [-0.15, -0.1) is 0 Å². The molecule has 17 heavy (non-hydrogen) atoms. The summed E-state index contributed by atoms with van der Waals surface area (Å²) in [6.45, 7) is 2.15. The van der Waals surface area contributed by atoms with E-state index in [1.54, 1.807) is 0 Å². The molecule has 0 aromatic carbocycles. The maximum atomic E-state index is 11.8. The van der Waals surface area contributed by atoms with Crippen molar-refractivity contribution in [2.24, 2.45) is 5.92 Å². The van der Waals surface area contributed by atoms with E-state index in [0.29, 0.717) is 25.7 Å². The van der Waals surface area contributed by atoms with Gasteiger partial charge in [0.15, 0.2) is 5.78 Å². The summed E-state index contributed by atoms with van der Waals surface area (Å²) < 4.78 is 0. The van der Waals surface area contributed by atoms with Crippen LogP contribution in [-0.4, -0.2) is 17.3 Å². The Hall–Kier alpha value is -0.990. The minimum atomic E-state index is -0.609. The van der Waals surface area contributed by atoms with Crippen molar-refractivity contribution in [1.29, 1.82) is 0 Å². The molecule has 0 radical (unpaired) electrons. The fourth-order valence-corrected chi connectivity index (χ4v) is 2.30. The van der Waals surface area contributed by atoms with Crippen molar-refractivity contribution >= 4 is 17.3 Å². The molecule has 0 aromatic rings. The monoisotopic (exact) mass is 238 g/mol. The summed E-state index contributed by atoms with van der Waals surface area (Å²) in [4.78, 5) is 34.6. The van der Waals surface area contributed by atoms with Crippen molar-refractivity contribution in [3.8, 4) is 0 Å². The fourth-order valence-electron chi connectivity index (χ4n) is 2.30. The molecule has 0 heterocycles. The lowest BCUT2D eigenvalue weighted by Crippen LogP contribution is -2.33. The van der Waals surface area contributed by atoms with Crippen molar-refractivity contribution in [1.82, 2.24) is 0 Å². The third kappa shape index (κ3) is 4.41. The van der Waals surface area contributed by atoms with Crippen LogP contribution in [0.2, 0.25) is 0 Å². The van der Waals surface area contributed by atoms with Crippen LogP contribution in [0.4, 0.5) is 0 Å². The average Bonchev–Trinajstić information content (AvgIpc) is 2.32. The zero-order valence-electron chi connectivity index (χ0n) is 10.7. The van der Waals surface area contributed by atoms with E-state index in [1.165, 1.54) is 12.8 Å². The van der Waals surface area contributed by atoms with Gasteiger partial charge in [-0.25, -0.2) is 0 Å². The van der Waals surface area contributed by atoms with Crippen LogP contribution in [0.1, 0.15) is 64.7 Å². The first kappa shape index (κ1) is 14.1. The smallest absolute Gasteiger partial charge is 0.208 e. The molecule has 1 aliphatic carbocycles. The predicted molar refractivity (Wildman–Crippen MR) is 65.7 cm³/mol. The molecule has 0 saturated heterocycles. The Morgan fingerprint density at radius 1 is 1.18 bits per heavy atom. The van der Waals surface area contributed by atoms with E-state index < -0.39 is 11.7 Å². The quantitative estimate of drug-likeness (QED) is 0.389. The average molecular weight is 238 g/mol. The minimum Gasteiger partial charge on any atom is -0.299 e. The van der Waals surface area contributed by atoms with Gasteiger partial charge >= 0.3 is 0 Å². The second kappa shape index (κ2) is 7.36. The fraction of sp³-hybridized carbons (Fsp3) is 0.786. The molecule has 1 unspecified atom stereocenters. The predicted octanol–water partition coefficient (Wildman–Crippen LogP) is 2.85. The van der Waals surface area contributed by atoms with Gasteiger partial charge in [-0.05, 0) is 19.3 Å². The zero-order valence-corrected chi connectivity index (χ0v) is 10.7. The Bertz CT molecular complexity index is 294. The third-order valence-electron chi connectivity index (χ3n) is 3.40. The normalized spacial score (nSPS) is 20.6. The van der Waals surface area contributed by atoms with Gasteiger partial charge in [0.2, 0.25) is 5.78 Å². The number of Topliss-reactive ketones (excluding diaryl/α,β-unsaturated/α-hetero) is 3. The first-order chi connectivity index (χ1) is 8.16. The largest absolute Gasteiger partial charge is 0.299 e. The highest BCUT2D eigenvalue weighted by molar-refractivity contribution is 6.41. The van der Waals surface area contributed by atoms with E-state index in [2.05, 4.69) is 6.92 Å². The highest BCUT2D eigenvalue weighted by Gasteiger charge is 2.33. The zero-order chi connectivity index (χ0) is 12.7. The van der Waals surface area contributed by atoms with Gasteiger partial charge in [-0.1, -0.05) is 32.6 Å². The highest BCUT2D eigenvalue weighted by atomic mass is 16.2. The Balaban J connectivity index is 2.27. The van der Waals surface area contributed by atoms with Crippen LogP contribution < -0.4 is 0 Å². The molecule has 1 rings (SSSR count). The summed E-state index contributed by atoms with van der Waals surface area (Å²) in [7, 11) is 0. The van der Waals surface area contributed by atoms with Gasteiger partial charge in [0, 0.05) is 12.8 Å². The Kier molecular flexibility index (Phi) is 6.09. The molecule has 0 N–H and O–H groups in total. The van der Waals surface area contributed by atoms with E-state index >= 15 is 0 Å². The van der Waals surface area contributed by atoms with Gasteiger partial charge in [0.1, 0.15) is 5.78 Å². The van der Waals surface area contributed by atoms with Crippen molar-refractivity contribution in [3.05, 3.63) is 0 Å². The number of unbranched alkanes of at least 4 members (excludes halogenated alkanes) is 4. The maximum Gasteiger partial charge on any atom is 0.208 e. The van der Waals surface area contributed by atoms with Crippen LogP contribution in [0.15, 0.2) is 0 Å². The second-order valence-corrected chi connectivity index (χ2v) is 4.86. The van der Waals surface area contributed by atoms with E-state index in [1.807, 2.05) is 0 Å². The van der Waals surface area contributed by atoms with Gasteiger partial charge in [0.25, 0.3) is 0 Å². The summed E-state index contributed by atoms with van der Waals surface area (Å²) >= 11 is 0. The minimum absolute atomic E-state index is 0.0143. The van der Waals surface area contributed by atoms with E-state index in [-0.39, 0.29) is 11.6 Å². The molecule has 96 valence electrons. The summed E-state index contributed by atoms with van der Waals surface area (Å²) in [5.41, 5.74) is 0. The van der Waals surface area contributed by atoms with Gasteiger partial charge < -0.3 is 0 Å². The van der Waals surface area contributed by atoms with Crippen LogP contribution in [-0.2, 0) is 14.4 Å². The van der Waals surface area contributed by atoms with Crippen LogP contribution in [0, 0.1) is 5.92 Å². The summed E-state index contributed by atoms with van der Waals surface area (Å²) in [6.07, 6.45) is 7.52. The number of ketones is 3. The topological polar surface area (TPSA) is 51.2 Å². The molecular formula is C14H22O3. The SMILES string of the molecule is CCCCCCCC(=O)C1CCCC(=O)C1=O. The molecule has 0 bridgehead atoms. The van der Waals surface area contributed by atoms with Crippen molar-refractivity contribution in [2.75, 3.05) is 0 Å². The number of carbonyl (C=O) groups is 3. The van der Waals surface area contributed by atoms with Gasteiger partial charge in [0.05, 0.1) is 5.92 Å². The Morgan fingerprint density at radius 2 is 1.88 bits per heavy atom.